The zero-order chi connectivity index (χ0) is 36.0. The Bertz CT molecular complexity index is 1360. The standard InChI is InChI=1S/C40H63ClN4O4/c1-10-14-33(24-43(8)9)44(23-32-17-11-12-18-34(32)41)21-30-15-13-16-31(20-30)22-45-38(37(29(5)47)36(25-46)49-45)39(48)42-35-19-26(2)40(6,7)28(4)27(35)3/h11-13,15-18,20,26-29,33,35-38,46-47H,10,14,19,21-25H2,1-9H3,(H,42,48)/t26-,27+,28+,29+,33+,35+,36+,37-,38+/m1/s1. The van der Waals surface area contributed by atoms with Crippen molar-refractivity contribution in [2.24, 2.45) is 29.1 Å². The van der Waals surface area contributed by atoms with E-state index in [1.165, 1.54) is 0 Å². The highest BCUT2D eigenvalue weighted by molar-refractivity contribution is 6.31. The van der Waals surface area contributed by atoms with Crippen LogP contribution in [-0.2, 0) is 29.3 Å². The van der Waals surface area contributed by atoms with Crippen LogP contribution >= 0.6 is 11.6 Å². The van der Waals surface area contributed by atoms with Gasteiger partial charge >= 0.3 is 0 Å². The molecule has 2 aliphatic rings. The number of benzene rings is 2. The number of carbonyl (C=O) groups excluding carboxylic acids is 1. The molecule has 0 bridgehead atoms. The quantitative estimate of drug-likeness (QED) is 0.199. The van der Waals surface area contributed by atoms with Gasteiger partial charge in [-0.15, -0.1) is 0 Å². The first-order valence-electron chi connectivity index (χ1n) is 18.4. The minimum absolute atomic E-state index is 0.0286. The van der Waals surface area contributed by atoms with E-state index in [0.717, 1.165) is 60.6 Å². The Balaban J connectivity index is 1.58. The molecule has 1 saturated carbocycles. The van der Waals surface area contributed by atoms with Gasteiger partial charge in [-0.2, -0.15) is 5.06 Å². The van der Waals surface area contributed by atoms with Crippen LogP contribution < -0.4 is 5.32 Å². The summed E-state index contributed by atoms with van der Waals surface area (Å²) in [5.41, 5.74) is 3.46. The largest absolute Gasteiger partial charge is 0.394 e. The molecule has 2 aromatic rings. The van der Waals surface area contributed by atoms with Crippen molar-refractivity contribution in [1.82, 2.24) is 20.2 Å². The van der Waals surface area contributed by atoms with Crippen LogP contribution in [-0.4, -0.2) is 88.6 Å². The number of hydroxylamine groups is 2. The predicted molar refractivity (Wildman–Crippen MR) is 199 cm³/mol. The number of amides is 1. The number of nitrogens with one attached hydrogen (secondary N) is 1. The second kappa shape index (κ2) is 17.5. The molecule has 0 radical (unpaired) electrons. The van der Waals surface area contributed by atoms with Crippen molar-refractivity contribution in [3.05, 3.63) is 70.2 Å². The van der Waals surface area contributed by atoms with Gasteiger partial charge in [-0.05, 0) is 79.8 Å². The van der Waals surface area contributed by atoms with E-state index in [0.29, 0.717) is 30.3 Å². The summed E-state index contributed by atoms with van der Waals surface area (Å²) in [4.78, 5) is 25.2. The molecule has 49 heavy (non-hydrogen) atoms. The van der Waals surface area contributed by atoms with E-state index in [4.69, 9.17) is 16.4 Å². The summed E-state index contributed by atoms with van der Waals surface area (Å²) in [5.74, 6) is 0.480. The molecule has 274 valence electrons. The number of hydrogen-bond donors (Lipinski definition) is 3. The van der Waals surface area contributed by atoms with Gasteiger partial charge in [0, 0.05) is 42.7 Å². The summed E-state index contributed by atoms with van der Waals surface area (Å²) < 4.78 is 0. The first kappa shape index (κ1) is 39.7. The maximum atomic E-state index is 14.2. The lowest BCUT2D eigenvalue weighted by atomic mass is 9.58. The lowest BCUT2D eigenvalue weighted by molar-refractivity contribution is -0.182. The number of rotatable bonds is 15. The molecular weight excluding hydrogens is 636 g/mol. The van der Waals surface area contributed by atoms with Gasteiger partial charge in [0.1, 0.15) is 12.1 Å². The Morgan fingerprint density at radius 2 is 1.80 bits per heavy atom. The second-order valence-electron chi connectivity index (χ2n) is 15.9. The Kier molecular flexibility index (Phi) is 14.2. The topological polar surface area (TPSA) is 88.5 Å². The number of likely N-dealkylation sites (N-methyl/N-ethyl adjacent to an activating group) is 1. The summed E-state index contributed by atoms with van der Waals surface area (Å²) >= 11 is 6.65. The molecule has 9 atom stereocenters. The fraction of sp³-hybridized carbons (Fsp3) is 0.675. The fourth-order valence-corrected chi connectivity index (χ4v) is 8.45. The highest BCUT2D eigenvalue weighted by atomic mass is 35.5. The van der Waals surface area contributed by atoms with E-state index >= 15 is 0 Å². The Morgan fingerprint density at radius 3 is 2.43 bits per heavy atom. The number of halogens is 1. The van der Waals surface area contributed by atoms with Gasteiger partial charge in [-0.1, -0.05) is 102 Å². The summed E-state index contributed by atoms with van der Waals surface area (Å²) in [5, 5.41) is 27.0. The van der Waals surface area contributed by atoms with Crippen molar-refractivity contribution >= 4 is 17.5 Å². The van der Waals surface area contributed by atoms with E-state index in [1.807, 2.05) is 18.2 Å². The minimum atomic E-state index is -0.838. The van der Waals surface area contributed by atoms with Crippen LogP contribution in [0.4, 0.5) is 0 Å². The van der Waals surface area contributed by atoms with E-state index in [2.05, 4.69) is 101 Å². The van der Waals surface area contributed by atoms with Gasteiger partial charge in [0.25, 0.3) is 0 Å². The van der Waals surface area contributed by atoms with Gasteiger partial charge in [-0.25, -0.2) is 0 Å². The molecule has 1 saturated heterocycles. The molecular formula is C40H63ClN4O4. The third-order valence-corrected chi connectivity index (χ3v) is 12.3. The predicted octanol–water partition coefficient (Wildman–Crippen LogP) is 6.37. The van der Waals surface area contributed by atoms with Crippen LogP contribution in [0.15, 0.2) is 48.5 Å². The Morgan fingerprint density at radius 1 is 1.10 bits per heavy atom. The van der Waals surface area contributed by atoms with Crippen molar-refractivity contribution in [2.75, 3.05) is 27.2 Å². The molecule has 1 heterocycles. The van der Waals surface area contributed by atoms with Gasteiger partial charge in [0.05, 0.1) is 19.3 Å². The number of carbonyl (C=O) groups is 1. The van der Waals surface area contributed by atoms with Crippen LogP contribution in [0, 0.1) is 29.1 Å². The summed E-state index contributed by atoms with van der Waals surface area (Å²) in [6.45, 7) is 17.9. The van der Waals surface area contributed by atoms with Crippen LogP contribution in [0.3, 0.4) is 0 Å². The molecule has 0 spiro atoms. The van der Waals surface area contributed by atoms with Gasteiger partial charge in [0.15, 0.2) is 0 Å². The maximum absolute atomic E-state index is 14.2. The SMILES string of the molecule is CCC[C@@H](CN(C)C)N(Cc1cccc(CN2O[C@@H](CO)[C@@H]([C@H](C)O)[C@H]2C(=O)N[C@H]2C[C@@H](C)C(C)(C)[C@@H](C)[C@@H]2C)c1)Cc1ccccc1Cl. The first-order valence-corrected chi connectivity index (χ1v) is 18.8. The van der Waals surface area contributed by atoms with Crippen molar-refractivity contribution in [1.29, 1.82) is 0 Å². The van der Waals surface area contributed by atoms with E-state index in [-0.39, 0.29) is 24.0 Å². The molecule has 1 aliphatic heterocycles. The lowest BCUT2D eigenvalue weighted by Crippen LogP contribution is -2.56. The molecule has 4 rings (SSSR count). The van der Waals surface area contributed by atoms with E-state index in [9.17, 15) is 15.0 Å². The molecule has 2 aromatic carbocycles. The summed E-state index contributed by atoms with van der Waals surface area (Å²) in [7, 11) is 4.24. The molecule has 9 heteroatoms. The third kappa shape index (κ3) is 9.65. The van der Waals surface area contributed by atoms with Gasteiger partial charge in [-0.3, -0.25) is 14.5 Å². The van der Waals surface area contributed by atoms with Crippen molar-refractivity contribution in [2.45, 2.75) is 118 Å². The van der Waals surface area contributed by atoms with Crippen molar-refractivity contribution in [3.8, 4) is 0 Å². The Labute approximate surface area is 301 Å². The number of nitrogens with zero attached hydrogens (tertiary/aromatic N) is 3. The lowest BCUT2D eigenvalue weighted by Gasteiger charge is -2.50. The van der Waals surface area contributed by atoms with Crippen LogP contribution in [0.2, 0.25) is 5.02 Å². The monoisotopic (exact) mass is 698 g/mol. The molecule has 0 aromatic heterocycles. The molecule has 8 nitrogen and oxygen atoms in total. The number of aliphatic hydroxyl groups is 2. The smallest absolute Gasteiger partial charge is 0.240 e. The van der Waals surface area contributed by atoms with Gasteiger partial charge < -0.3 is 20.4 Å². The van der Waals surface area contributed by atoms with Crippen LogP contribution in [0.5, 0.6) is 0 Å². The average molecular weight is 699 g/mol. The molecule has 3 N–H and O–H groups in total. The van der Waals surface area contributed by atoms with E-state index in [1.54, 1.807) is 12.0 Å². The maximum Gasteiger partial charge on any atom is 0.240 e. The van der Waals surface area contributed by atoms with Gasteiger partial charge in [0.2, 0.25) is 5.91 Å². The fourth-order valence-electron chi connectivity index (χ4n) is 8.25. The third-order valence-electron chi connectivity index (χ3n) is 11.9. The molecule has 1 aliphatic carbocycles. The Hall–Kier alpha value is -2.04. The summed E-state index contributed by atoms with van der Waals surface area (Å²) in [6.07, 6.45) is 1.54. The zero-order valence-electron chi connectivity index (χ0n) is 31.4. The molecule has 2 fully saturated rings. The molecule has 1 amide bonds. The number of hydrogen-bond acceptors (Lipinski definition) is 7. The average Bonchev–Trinajstić information content (AvgIpc) is 3.42. The highest BCUT2D eigenvalue weighted by Gasteiger charge is 2.51. The van der Waals surface area contributed by atoms with E-state index < -0.39 is 24.2 Å². The van der Waals surface area contributed by atoms with Crippen LogP contribution in [0.25, 0.3) is 0 Å². The second-order valence-corrected chi connectivity index (χ2v) is 16.3. The first-order chi connectivity index (χ1) is 23.2. The number of aliphatic hydroxyl groups excluding tert-OH is 2. The summed E-state index contributed by atoms with van der Waals surface area (Å²) in [6, 6.07) is 16.2. The van der Waals surface area contributed by atoms with Crippen molar-refractivity contribution in [3.63, 3.8) is 0 Å². The van der Waals surface area contributed by atoms with Crippen LogP contribution in [0.1, 0.15) is 84.4 Å². The minimum Gasteiger partial charge on any atom is -0.394 e. The highest BCUT2D eigenvalue weighted by Crippen LogP contribution is 2.47. The molecule has 0 unspecified atom stereocenters. The van der Waals surface area contributed by atoms with Crippen molar-refractivity contribution < 1.29 is 19.8 Å². The zero-order valence-corrected chi connectivity index (χ0v) is 32.2. The normalized spacial score (nSPS) is 28.6.